The van der Waals surface area contributed by atoms with E-state index in [0.29, 0.717) is 22.2 Å². The van der Waals surface area contributed by atoms with Gasteiger partial charge in [-0.05, 0) is 57.4 Å². The van der Waals surface area contributed by atoms with Gasteiger partial charge < -0.3 is 14.8 Å². The lowest BCUT2D eigenvalue weighted by molar-refractivity contribution is -0.118. The largest absolute Gasteiger partial charge is 0.495 e. The molecule has 3 aromatic rings. The minimum absolute atomic E-state index is 0.140. The van der Waals surface area contributed by atoms with E-state index >= 15 is 0 Å². The summed E-state index contributed by atoms with van der Waals surface area (Å²) in [5, 5.41) is 3.25. The molecule has 0 unspecified atom stereocenters. The first-order valence-electron chi connectivity index (χ1n) is 8.18. The van der Waals surface area contributed by atoms with Crippen LogP contribution in [-0.4, -0.2) is 19.6 Å². The van der Waals surface area contributed by atoms with Gasteiger partial charge in [-0.15, -0.1) is 0 Å². The van der Waals surface area contributed by atoms with Crippen LogP contribution in [0.5, 0.6) is 11.5 Å². The predicted octanol–water partition coefficient (Wildman–Crippen LogP) is 5.80. The fourth-order valence-corrected chi connectivity index (χ4v) is 3.20. The van der Waals surface area contributed by atoms with Crippen molar-refractivity contribution in [1.29, 1.82) is 0 Å². The molecule has 0 aliphatic heterocycles. The second kappa shape index (κ2) is 8.93. The molecule has 0 saturated carbocycles. The van der Waals surface area contributed by atoms with Crippen LogP contribution in [0, 0.1) is 0 Å². The Balaban J connectivity index is 1.65. The maximum atomic E-state index is 12.2. The average molecular weight is 447 g/mol. The lowest BCUT2D eigenvalue weighted by Gasteiger charge is -2.12. The van der Waals surface area contributed by atoms with Crippen LogP contribution in [0.2, 0.25) is 5.02 Å². The van der Waals surface area contributed by atoms with E-state index in [1.807, 2.05) is 48.5 Å². The van der Waals surface area contributed by atoms with E-state index in [-0.39, 0.29) is 12.5 Å². The number of anilines is 1. The Kier molecular flexibility index (Phi) is 6.37. The molecule has 0 saturated heterocycles. The molecule has 3 rings (SSSR count). The topological polar surface area (TPSA) is 47.6 Å². The summed E-state index contributed by atoms with van der Waals surface area (Å²) in [6.07, 6.45) is 0. The van der Waals surface area contributed by atoms with E-state index < -0.39 is 0 Å². The molecule has 0 aromatic heterocycles. The number of methoxy groups -OCH3 is 1. The number of ether oxygens (including phenoxy) is 2. The zero-order chi connectivity index (χ0) is 19.2. The quantitative estimate of drug-likeness (QED) is 0.521. The molecule has 0 radical (unpaired) electrons. The van der Waals surface area contributed by atoms with Crippen molar-refractivity contribution in [3.05, 3.63) is 76.2 Å². The molecule has 0 aliphatic rings. The molecule has 0 aliphatic carbocycles. The summed E-state index contributed by atoms with van der Waals surface area (Å²) in [5.41, 5.74) is 2.66. The highest BCUT2D eigenvalue weighted by Crippen LogP contribution is 2.31. The van der Waals surface area contributed by atoms with Gasteiger partial charge in [0.05, 0.1) is 17.3 Å². The van der Waals surface area contributed by atoms with Crippen LogP contribution in [0.15, 0.2) is 71.2 Å². The van der Waals surface area contributed by atoms with Crippen LogP contribution in [0.1, 0.15) is 0 Å². The van der Waals surface area contributed by atoms with Gasteiger partial charge in [0.1, 0.15) is 11.5 Å². The van der Waals surface area contributed by atoms with E-state index in [1.54, 1.807) is 18.2 Å². The first-order valence-corrected chi connectivity index (χ1v) is 9.35. The smallest absolute Gasteiger partial charge is 0.262 e. The summed E-state index contributed by atoms with van der Waals surface area (Å²) in [7, 11) is 1.53. The first-order chi connectivity index (χ1) is 13.1. The molecule has 0 spiro atoms. The number of carbonyl (C=O) groups is 1. The molecule has 6 heteroatoms. The van der Waals surface area contributed by atoms with Gasteiger partial charge in [-0.25, -0.2) is 0 Å². The van der Waals surface area contributed by atoms with Crippen molar-refractivity contribution < 1.29 is 14.3 Å². The number of carbonyl (C=O) groups excluding carboxylic acids is 1. The Hall–Kier alpha value is -2.50. The van der Waals surface area contributed by atoms with E-state index in [4.69, 9.17) is 21.1 Å². The Morgan fingerprint density at radius 1 is 1.00 bits per heavy atom. The Morgan fingerprint density at radius 3 is 2.44 bits per heavy atom. The molecule has 138 valence electrons. The Labute approximate surface area is 171 Å². The zero-order valence-corrected chi connectivity index (χ0v) is 16.9. The van der Waals surface area contributed by atoms with Crippen molar-refractivity contribution in [2.75, 3.05) is 19.0 Å². The molecule has 0 fully saturated rings. The maximum absolute atomic E-state index is 12.2. The number of nitrogens with one attached hydrogen (secondary N) is 1. The summed E-state index contributed by atoms with van der Waals surface area (Å²) >= 11 is 9.47. The van der Waals surface area contributed by atoms with Gasteiger partial charge in [0, 0.05) is 5.02 Å². The van der Waals surface area contributed by atoms with Crippen molar-refractivity contribution in [3.63, 3.8) is 0 Å². The summed E-state index contributed by atoms with van der Waals surface area (Å²) in [5.74, 6) is 0.804. The van der Waals surface area contributed by atoms with Crippen LogP contribution in [0.4, 0.5) is 5.69 Å². The third kappa shape index (κ3) is 5.02. The second-order valence-electron chi connectivity index (χ2n) is 5.69. The van der Waals surface area contributed by atoms with Crippen LogP contribution in [0.3, 0.4) is 0 Å². The third-order valence-corrected chi connectivity index (χ3v) is 4.69. The number of halogens is 2. The molecular formula is C21H17BrClNO3. The lowest BCUT2D eigenvalue weighted by atomic mass is 10.1. The number of benzene rings is 3. The molecule has 1 N–H and O–H groups in total. The van der Waals surface area contributed by atoms with E-state index in [1.165, 1.54) is 7.11 Å². The van der Waals surface area contributed by atoms with Gasteiger partial charge in [0.25, 0.3) is 5.91 Å². The second-order valence-corrected chi connectivity index (χ2v) is 6.98. The van der Waals surface area contributed by atoms with Crippen molar-refractivity contribution in [2.24, 2.45) is 0 Å². The summed E-state index contributed by atoms with van der Waals surface area (Å²) in [6.45, 7) is -0.140. The van der Waals surface area contributed by atoms with Gasteiger partial charge in [0.2, 0.25) is 0 Å². The molecule has 3 aromatic carbocycles. The third-order valence-electron chi connectivity index (χ3n) is 3.83. The molecule has 0 bridgehead atoms. The Bertz CT molecular complexity index is 947. The maximum Gasteiger partial charge on any atom is 0.262 e. The lowest BCUT2D eigenvalue weighted by Crippen LogP contribution is -2.20. The highest BCUT2D eigenvalue weighted by Gasteiger charge is 2.11. The summed E-state index contributed by atoms with van der Waals surface area (Å²) in [4.78, 5) is 12.2. The normalized spacial score (nSPS) is 10.3. The number of amides is 1. The van der Waals surface area contributed by atoms with E-state index in [2.05, 4.69) is 21.2 Å². The highest BCUT2D eigenvalue weighted by molar-refractivity contribution is 9.10. The SMILES string of the molecule is COc1ccc(Cl)cc1NC(=O)COc1ccc(-c2ccccc2)cc1Br. The Morgan fingerprint density at radius 2 is 1.74 bits per heavy atom. The van der Waals surface area contributed by atoms with E-state index in [0.717, 1.165) is 15.6 Å². The van der Waals surface area contributed by atoms with Gasteiger partial charge >= 0.3 is 0 Å². The van der Waals surface area contributed by atoms with Gasteiger partial charge in [-0.3, -0.25) is 4.79 Å². The first kappa shape index (κ1) is 19.3. The predicted molar refractivity (Wildman–Crippen MR) is 112 cm³/mol. The molecule has 27 heavy (non-hydrogen) atoms. The van der Waals surface area contributed by atoms with E-state index in [9.17, 15) is 4.79 Å². The fraction of sp³-hybridized carbons (Fsp3) is 0.0952. The van der Waals surface area contributed by atoms with Crippen LogP contribution >= 0.6 is 27.5 Å². The van der Waals surface area contributed by atoms with Crippen LogP contribution < -0.4 is 14.8 Å². The van der Waals surface area contributed by atoms with Crippen molar-refractivity contribution >= 4 is 39.1 Å². The minimum atomic E-state index is -0.311. The number of hydrogen-bond acceptors (Lipinski definition) is 3. The van der Waals surface area contributed by atoms with Gasteiger partial charge in [0.15, 0.2) is 6.61 Å². The summed E-state index contributed by atoms with van der Waals surface area (Å²) in [6, 6.07) is 20.8. The molecule has 0 heterocycles. The van der Waals surface area contributed by atoms with Crippen molar-refractivity contribution in [1.82, 2.24) is 0 Å². The minimum Gasteiger partial charge on any atom is -0.495 e. The number of rotatable bonds is 6. The average Bonchev–Trinajstić information content (AvgIpc) is 2.68. The highest BCUT2D eigenvalue weighted by atomic mass is 79.9. The molecule has 0 atom stereocenters. The monoisotopic (exact) mass is 445 g/mol. The van der Waals surface area contributed by atoms with Gasteiger partial charge in [-0.2, -0.15) is 0 Å². The number of hydrogen-bond donors (Lipinski definition) is 1. The molecule has 4 nitrogen and oxygen atoms in total. The molecular weight excluding hydrogens is 430 g/mol. The summed E-state index contributed by atoms with van der Waals surface area (Å²) < 4.78 is 11.6. The van der Waals surface area contributed by atoms with Crippen LogP contribution in [0.25, 0.3) is 11.1 Å². The van der Waals surface area contributed by atoms with Crippen LogP contribution in [-0.2, 0) is 4.79 Å². The molecule has 1 amide bonds. The zero-order valence-electron chi connectivity index (χ0n) is 14.5. The van der Waals surface area contributed by atoms with Gasteiger partial charge in [-0.1, -0.05) is 48.0 Å². The van der Waals surface area contributed by atoms with Crippen molar-refractivity contribution in [2.45, 2.75) is 0 Å². The van der Waals surface area contributed by atoms with Crippen molar-refractivity contribution in [3.8, 4) is 22.6 Å². The standard InChI is InChI=1S/C21H17BrClNO3/c1-26-20-10-8-16(23)12-18(20)24-21(25)13-27-19-9-7-15(11-17(19)22)14-5-3-2-4-6-14/h2-12H,13H2,1H3,(H,24,25). The fourth-order valence-electron chi connectivity index (χ4n) is 2.54.